The maximum Gasteiger partial charge on any atom is 0.333 e. The molecule has 0 spiro atoms. The molecule has 0 aromatic heterocycles. The van der Waals surface area contributed by atoms with E-state index in [0.29, 0.717) is 0 Å². The molecule has 0 radical (unpaired) electrons. The molecule has 1 atom stereocenters. The standard InChI is InChI=1S/C4H6O5.Ni/c5-2(4(8)9)1-3(6)7;/h2,5H,1H2,(H,6,7)(H,8,9);. The summed E-state index contributed by atoms with van der Waals surface area (Å²) in [5.74, 6) is -2.85. The Kier molecular flexibility index (Phi) is 6.30. The first-order valence-electron chi connectivity index (χ1n) is 2.16. The first-order valence-corrected chi connectivity index (χ1v) is 2.16. The van der Waals surface area contributed by atoms with E-state index >= 15 is 0 Å². The van der Waals surface area contributed by atoms with Crippen LogP contribution in [0.3, 0.4) is 0 Å². The van der Waals surface area contributed by atoms with Crippen LogP contribution in [0.25, 0.3) is 0 Å². The second-order valence-corrected chi connectivity index (χ2v) is 1.45. The van der Waals surface area contributed by atoms with Crippen molar-refractivity contribution in [1.82, 2.24) is 0 Å². The molecule has 0 aliphatic rings. The van der Waals surface area contributed by atoms with E-state index in [2.05, 4.69) is 0 Å². The predicted molar refractivity (Wildman–Crippen MR) is 25.9 cm³/mol. The first kappa shape index (κ1) is 12.1. The zero-order chi connectivity index (χ0) is 7.44. The molecule has 3 N–H and O–H groups in total. The fourth-order valence-electron chi connectivity index (χ4n) is 0.253. The Morgan fingerprint density at radius 2 is 1.70 bits per heavy atom. The van der Waals surface area contributed by atoms with Crippen molar-refractivity contribution in [3.8, 4) is 0 Å². The van der Waals surface area contributed by atoms with Gasteiger partial charge < -0.3 is 15.3 Å². The van der Waals surface area contributed by atoms with Crippen molar-refractivity contribution in [2.75, 3.05) is 0 Å². The summed E-state index contributed by atoms with van der Waals surface area (Å²) in [5, 5.41) is 24.1. The van der Waals surface area contributed by atoms with Crippen LogP contribution in [0.15, 0.2) is 0 Å². The van der Waals surface area contributed by atoms with Crippen LogP contribution < -0.4 is 0 Å². The Hall–Kier alpha value is -0.606. The molecular formula is C4H6NiO5. The van der Waals surface area contributed by atoms with Gasteiger partial charge in [-0.3, -0.25) is 4.79 Å². The summed E-state index contributed by atoms with van der Waals surface area (Å²) in [6.07, 6.45) is -2.54. The Morgan fingerprint density at radius 1 is 1.30 bits per heavy atom. The molecule has 0 aromatic carbocycles. The fraction of sp³-hybridized carbons (Fsp3) is 0.500. The molecular weight excluding hydrogens is 187 g/mol. The molecule has 0 aliphatic carbocycles. The Balaban J connectivity index is 0. The molecule has 0 bridgehead atoms. The number of carbonyl (C=O) groups is 2. The largest absolute Gasteiger partial charge is 0.481 e. The van der Waals surface area contributed by atoms with Gasteiger partial charge in [-0.25, -0.2) is 4.79 Å². The smallest absolute Gasteiger partial charge is 0.333 e. The summed E-state index contributed by atoms with van der Waals surface area (Å²) in [6, 6.07) is 0. The Morgan fingerprint density at radius 3 is 1.80 bits per heavy atom. The van der Waals surface area contributed by atoms with Gasteiger partial charge in [0.2, 0.25) is 0 Å². The summed E-state index contributed by atoms with van der Waals surface area (Å²) >= 11 is 0. The van der Waals surface area contributed by atoms with Crippen molar-refractivity contribution in [2.45, 2.75) is 12.5 Å². The van der Waals surface area contributed by atoms with E-state index in [9.17, 15) is 9.59 Å². The normalized spacial score (nSPS) is 11.3. The average Bonchev–Trinajstić information content (AvgIpc) is 1.63. The number of carboxylic acid groups (broad SMARTS) is 2. The predicted octanol–water partition coefficient (Wildman–Crippen LogP) is -1.10. The van der Waals surface area contributed by atoms with Gasteiger partial charge in [0, 0.05) is 16.5 Å². The number of rotatable bonds is 3. The number of aliphatic hydroxyl groups excluding tert-OH is 1. The zero-order valence-electron chi connectivity index (χ0n) is 4.76. The zero-order valence-corrected chi connectivity index (χ0v) is 5.75. The summed E-state index contributed by atoms with van der Waals surface area (Å²) in [4.78, 5) is 19.4. The molecule has 0 aromatic rings. The number of aliphatic hydroxyl groups is 1. The third-order valence-electron chi connectivity index (χ3n) is 0.653. The first-order chi connectivity index (χ1) is 4.04. The summed E-state index contributed by atoms with van der Waals surface area (Å²) in [5.41, 5.74) is 0. The number of carboxylic acids is 2. The van der Waals surface area contributed by atoms with Gasteiger partial charge in [0.1, 0.15) is 0 Å². The quantitative estimate of drug-likeness (QED) is 0.494. The molecule has 1 unspecified atom stereocenters. The molecule has 6 heteroatoms. The number of aliphatic carboxylic acids is 2. The van der Waals surface area contributed by atoms with Gasteiger partial charge in [-0.15, -0.1) is 0 Å². The van der Waals surface area contributed by atoms with Gasteiger partial charge in [-0.1, -0.05) is 0 Å². The van der Waals surface area contributed by atoms with Crippen LogP contribution in [0.2, 0.25) is 0 Å². The minimum atomic E-state index is -1.79. The van der Waals surface area contributed by atoms with Crippen molar-refractivity contribution in [3.05, 3.63) is 0 Å². The molecule has 0 rings (SSSR count). The molecule has 5 nitrogen and oxygen atoms in total. The summed E-state index contributed by atoms with van der Waals surface area (Å²) in [7, 11) is 0. The summed E-state index contributed by atoms with van der Waals surface area (Å²) in [6.45, 7) is 0. The fourth-order valence-corrected chi connectivity index (χ4v) is 0.253. The van der Waals surface area contributed by atoms with Crippen LogP contribution in [-0.4, -0.2) is 33.4 Å². The average molecular weight is 193 g/mol. The maximum atomic E-state index is 9.72. The van der Waals surface area contributed by atoms with Gasteiger partial charge in [0.25, 0.3) is 0 Å². The minimum Gasteiger partial charge on any atom is -0.481 e. The SMILES string of the molecule is O=C(O)CC(O)C(=O)O.[Ni]. The van der Waals surface area contributed by atoms with E-state index in [1.807, 2.05) is 0 Å². The molecule has 0 heterocycles. The monoisotopic (exact) mass is 192 g/mol. The topological polar surface area (TPSA) is 94.8 Å². The van der Waals surface area contributed by atoms with Gasteiger partial charge in [-0.2, -0.15) is 0 Å². The van der Waals surface area contributed by atoms with Crippen LogP contribution in [0, 0.1) is 0 Å². The van der Waals surface area contributed by atoms with E-state index in [-0.39, 0.29) is 16.5 Å². The van der Waals surface area contributed by atoms with Crippen molar-refractivity contribution in [1.29, 1.82) is 0 Å². The third-order valence-corrected chi connectivity index (χ3v) is 0.653. The number of hydrogen-bond donors (Lipinski definition) is 3. The second-order valence-electron chi connectivity index (χ2n) is 1.45. The Bertz CT molecular complexity index is 134. The van der Waals surface area contributed by atoms with Crippen LogP contribution in [-0.2, 0) is 26.1 Å². The van der Waals surface area contributed by atoms with Crippen LogP contribution in [0.4, 0.5) is 0 Å². The van der Waals surface area contributed by atoms with Crippen molar-refractivity contribution in [3.63, 3.8) is 0 Å². The van der Waals surface area contributed by atoms with E-state index < -0.39 is 24.5 Å². The van der Waals surface area contributed by atoms with Gasteiger partial charge in [-0.05, 0) is 0 Å². The molecule has 0 fully saturated rings. The molecule has 0 saturated carbocycles. The van der Waals surface area contributed by atoms with Crippen molar-refractivity contribution < 1.29 is 41.4 Å². The number of hydrogen-bond acceptors (Lipinski definition) is 3. The van der Waals surface area contributed by atoms with E-state index in [1.54, 1.807) is 0 Å². The molecule has 0 saturated heterocycles. The van der Waals surface area contributed by atoms with Crippen LogP contribution in [0.5, 0.6) is 0 Å². The maximum absolute atomic E-state index is 9.72. The van der Waals surface area contributed by atoms with Crippen molar-refractivity contribution in [2.24, 2.45) is 0 Å². The van der Waals surface area contributed by atoms with Gasteiger partial charge in [0.15, 0.2) is 6.10 Å². The molecule has 10 heavy (non-hydrogen) atoms. The molecule has 62 valence electrons. The van der Waals surface area contributed by atoms with Gasteiger partial charge >= 0.3 is 11.9 Å². The minimum absolute atomic E-state index is 0. The van der Waals surface area contributed by atoms with Crippen LogP contribution >= 0.6 is 0 Å². The summed E-state index contributed by atoms with van der Waals surface area (Å²) < 4.78 is 0. The van der Waals surface area contributed by atoms with Crippen LogP contribution in [0.1, 0.15) is 6.42 Å². The molecule has 0 amide bonds. The van der Waals surface area contributed by atoms with E-state index in [0.717, 1.165) is 0 Å². The van der Waals surface area contributed by atoms with E-state index in [1.165, 1.54) is 0 Å². The van der Waals surface area contributed by atoms with E-state index in [4.69, 9.17) is 15.3 Å². The third kappa shape index (κ3) is 5.53. The second kappa shape index (κ2) is 5.20. The molecule has 0 aliphatic heterocycles. The van der Waals surface area contributed by atoms with Gasteiger partial charge in [0.05, 0.1) is 6.42 Å². The Labute approximate surface area is 66.6 Å². The van der Waals surface area contributed by atoms with Crippen molar-refractivity contribution >= 4 is 11.9 Å².